The summed E-state index contributed by atoms with van der Waals surface area (Å²) in [5.74, 6) is 1.12. The zero-order valence-corrected chi connectivity index (χ0v) is 22.1. The Kier molecular flexibility index (Phi) is 15.4. The number of halogens is 8. The molecule has 0 fully saturated rings. The van der Waals surface area contributed by atoms with Crippen LogP contribution in [-0.4, -0.2) is 15.6 Å². The van der Waals surface area contributed by atoms with Crippen molar-refractivity contribution < 1.29 is 75.4 Å². The minimum atomic E-state index is -5.23. The summed E-state index contributed by atoms with van der Waals surface area (Å²) in [6.45, 7) is 17.3. The maximum atomic E-state index is 11.2. The second-order valence-electron chi connectivity index (χ2n) is 6.97. The van der Waals surface area contributed by atoms with E-state index in [4.69, 9.17) is 0 Å². The first-order valence-electron chi connectivity index (χ1n) is 8.69. The van der Waals surface area contributed by atoms with Gasteiger partial charge in [0.15, 0.2) is 0 Å². The van der Waals surface area contributed by atoms with Crippen LogP contribution >= 0.6 is 0 Å². The molecule has 2 aliphatic rings. The summed E-state index contributed by atoms with van der Waals surface area (Å²) < 4.78 is 64.9. The van der Waals surface area contributed by atoms with Crippen molar-refractivity contribution in [1.29, 1.82) is 0 Å². The molecule has 0 saturated heterocycles. The molecule has 0 radical (unpaired) electrons. The van der Waals surface area contributed by atoms with E-state index in [2.05, 4.69) is 67.5 Å². The molecule has 0 spiro atoms. The Labute approximate surface area is 203 Å². The summed E-state index contributed by atoms with van der Waals surface area (Å²) in [7, 11) is 0. The van der Waals surface area contributed by atoms with Crippen LogP contribution in [0.2, 0.25) is 0 Å². The third kappa shape index (κ3) is 10.5. The van der Waals surface area contributed by atoms with Gasteiger partial charge in [0, 0.05) is 0 Å². The van der Waals surface area contributed by atoms with E-state index in [1.165, 1.54) is 33.4 Å². The van der Waals surface area contributed by atoms with Crippen molar-refractivity contribution in [3.05, 3.63) is 45.6 Å². The summed E-state index contributed by atoms with van der Waals surface area (Å²) in [5.41, 5.74) is 8.49. The standard InChI is InChI=1S/2C9H13.C3F6.2ClH.Zr/c2*1-6-5-7(2)9(4)8(6)3;4-2(5,6)1-3(7,8)9;;;/h2*6H,1-4H3;;2*1H;/q2*-1;;;;+2/p-2. The molecular weight excluding hydrogens is 528 g/mol. The molecule has 0 aliphatic heterocycles. The molecule has 0 N–H and O–H groups in total. The Hall–Kier alpha value is -0.127. The Balaban J connectivity index is -0.000000353. The summed E-state index contributed by atoms with van der Waals surface area (Å²) in [5, 5.41) is 0. The molecule has 2 unspecified atom stereocenters. The number of hydrogen-bond donors (Lipinski definition) is 0. The second kappa shape index (κ2) is 13.4. The van der Waals surface area contributed by atoms with E-state index in [0.29, 0.717) is 11.8 Å². The fourth-order valence-electron chi connectivity index (χ4n) is 2.48. The molecule has 0 aromatic heterocycles. The van der Waals surface area contributed by atoms with Crippen molar-refractivity contribution in [1.82, 2.24) is 0 Å². The van der Waals surface area contributed by atoms with E-state index in [-0.39, 0.29) is 24.8 Å². The topological polar surface area (TPSA) is 0 Å². The van der Waals surface area contributed by atoms with Gasteiger partial charge in [-0.25, -0.2) is 11.1 Å². The SMILES string of the molecule is CC1=[C-]C(C)C(C)=C1C.CC1=[C-]C(C)C(C)=C1C.FC(F)(F)[C](=[Zr+2])C(F)(F)F.[Cl-].[Cl-]. The summed E-state index contributed by atoms with van der Waals surface area (Å²) in [6.07, 6.45) is -3.73. The van der Waals surface area contributed by atoms with Crippen molar-refractivity contribution in [2.24, 2.45) is 11.8 Å². The Morgan fingerprint density at radius 3 is 0.933 bits per heavy atom. The largest absolute Gasteiger partial charge is 1.00 e. The zero-order valence-electron chi connectivity index (χ0n) is 18.2. The third-order valence-electron chi connectivity index (χ3n) is 5.04. The monoisotopic (exact) mass is 552 g/mol. The molecule has 2 rings (SSSR count). The Morgan fingerprint density at radius 2 is 0.900 bits per heavy atom. The normalized spacial score (nSPS) is 20.8. The van der Waals surface area contributed by atoms with Crippen LogP contribution in [0.5, 0.6) is 0 Å². The molecule has 0 aromatic carbocycles. The zero-order chi connectivity index (χ0) is 22.6. The van der Waals surface area contributed by atoms with E-state index in [9.17, 15) is 26.3 Å². The first kappa shape index (κ1) is 34.5. The molecular formula is C21H26Cl2F6Zr-2. The van der Waals surface area contributed by atoms with Crippen molar-refractivity contribution >= 4 is 3.21 Å². The van der Waals surface area contributed by atoms with Crippen LogP contribution in [0.15, 0.2) is 33.4 Å². The molecule has 0 heterocycles. The predicted molar refractivity (Wildman–Crippen MR) is 97.1 cm³/mol. The van der Waals surface area contributed by atoms with Gasteiger partial charge in [-0.15, -0.1) is 13.8 Å². The fourth-order valence-corrected chi connectivity index (χ4v) is 2.48. The Bertz CT molecular complexity index is 665. The summed E-state index contributed by atoms with van der Waals surface area (Å²) in [4.78, 5) is 0. The van der Waals surface area contributed by atoms with Gasteiger partial charge in [0.1, 0.15) is 0 Å². The number of rotatable bonds is 0. The number of allylic oxidation sites excluding steroid dienone is 8. The van der Waals surface area contributed by atoms with Crippen LogP contribution in [0.4, 0.5) is 26.3 Å². The van der Waals surface area contributed by atoms with Crippen molar-refractivity contribution in [3.63, 3.8) is 0 Å². The van der Waals surface area contributed by atoms with Gasteiger partial charge in [0.25, 0.3) is 0 Å². The fraction of sp³-hybridized carbons (Fsp3) is 0.571. The smallest absolute Gasteiger partial charge is 1.00 e. The molecule has 9 heteroatoms. The molecule has 0 nitrogen and oxygen atoms in total. The number of alkyl halides is 6. The van der Waals surface area contributed by atoms with Crippen LogP contribution in [0.1, 0.15) is 55.4 Å². The molecule has 0 amide bonds. The van der Waals surface area contributed by atoms with Crippen LogP contribution in [0, 0.1) is 24.0 Å². The molecule has 2 aliphatic carbocycles. The van der Waals surface area contributed by atoms with Crippen molar-refractivity contribution in [2.75, 3.05) is 0 Å². The minimum absolute atomic E-state index is 0. The average Bonchev–Trinajstić information content (AvgIpc) is 2.90. The summed E-state index contributed by atoms with van der Waals surface area (Å²) >= 11 is -0.665. The summed E-state index contributed by atoms with van der Waals surface area (Å²) in [6, 6.07) is 0. The maximum absolute atomic E-state index is 11.2. The van der Waals surface area contributed by atoms with Gasteiger partial charge in [-0.05, 0) is 0 Å². The van der Waals surface area contributed by atoms with E-state index in [1.807, 2.05) is 0 Å². The third-order valence-corrected chi connectivity index (χ3v) is 6.43. The molecule has 0 aromatic rings. The minimum Gasteiger partial charge on any atom is -1.00 e. The number of hydrogen-bond acceptors (Lipinski definition) is 0. The van der Waals surface area contributed by atoms with Crippen molar-refractivity contribution in [3.8, 4) is 0 Å². The average molecular weight is 555 g/mol. The Morgan fingerprint density at radius 1 is 0.667 bits per heavy atom. The predicted octanol–water partition coefficient (Wildman–Crippen LogP) is 1.28. The van der Waals surface area contributed by atoms with Gasteiger partial charge in [0.2, 0.25) is 0 Å². The van der Waals surface area contributed by atoms with Crippen LogP contribution in [0.3, 0.4) is 0 Å². The van der Waals surface area contributed by atoms with Crippen LogP contribution < -0.4 is 24.8 Å². The molecule has 2 atom stereocenters. The maximum Gasteiger partial charge on any atom is -1.00 e. The quantitative estimate of drug-likeness (QED) is 0.313. The van der Waals surface area contributed by atoms with Crippen LogP contribution in [0.25, 0.3) is 0 Å². The first-order valence-corrected chi connectivity index (χ1v) is 9.92. The molecule has 30 heavy (non-hydrogen) atoms. The van der Waals surface area contributed by atoms with Gasteiger partial charge in [0.05, 0.1) is 0 Å². The van der Waals surface area contributed by atoms with Crippen LogP contribution in [-0.2, 0) is 24.2 Å². The van der Waals surface area contributed by atoms with E-state index in [0.717, 1.165) is 0 Å². The van der Waals surface area contributed by atoms with E-state index >= 15 is 0 Å². The second-order valence-corrected chi connectivity index (χ2v) is 8.20. The van der Waals surface area contributed by atoms with Gasteiger partial charge in [-0.3, -0.25) is 12.2 Å². The van der Waals surface area contributed by atoms with Gasteiger partial charge in [-0.2, -0.15) is 22.3 Å². The van der Waals surface area contributed by atoms with Crippen molar-refractivity contribution in [2.45, 2.75) is 67.7 Å². The van der Waals surface area contributed by atoms with E-state index < -0.39 is 39.8 Å². The first-order chi connectivity index (χ1) is 12.4. The van der Waals surface area contributed by atoms with Gasteiger partial charge < -0.3 is 24.8 Å². The van der Waals surface area contributed by atoms with Gasteiger partial charge in [-0.1, -0.05) is 53.4 Å². The van der Waals surface area contributed by atoms with E-state index in [1.54, 1.807) is 0 Å². The molecule has 0 bridgehead atoms. The molecule has 0 saturated carbocycles. The molecule has 172 valence electrons. The van der Waals surface area contributed by atoms with Gasteiger partial charge >= 0.3 is 66.1 Å².